The Balaban J connectivity index is 2.22. The summed E-state index contributed by atoms with van der Waals surface area (Å²) in [5, 5.41) is 8.87. The van der Waals surface area contributed by atoms with Crippen LogP contribution in [0.1, 0.15) is 45.4 Å². The topological polar surface area (TPSA) is 75.4 Å². The van der Waals surface area contributed by atoms with Crippen molar-refractivity contribution in [1.82, 2.24) is 9.55 Å². The van der Waals surface area contributed by atoms with E-state index in [0.717, 1.165) is 32.2 Å². The van der Waals surface area contributed by atoms with E-state index in [2.05, 4.69) is 4.98 Å². The van der Waals surface area contributed by atoms with E-state index < -0.39 is 5.97 Å². The molecule has 1 aromatic rings. The van der Waals surface area contributed by atoms with Gasteiger partial charge in [-0.15, -0.1) is 0 Å². The lowest BCUT2D eigenvalue weighted by molar-refractivity contribution is -0.137. The first kappa shape index (κ1) is 15.5. The number of aryl methyl sites for hydroxylation is 1. The second-order valence-electron chi connectivity index (χ2n) is 5.52. The number of piperidine rings is 1. The number of carbonyl (C=O) groups is 1. The molecule has 1 fully saturated rings. The maximum atomic E-state index is 12.5. The first-order valence-corrected chi connectivity index (χ1v) is 7.67. The van der Waals surface area contributed by atoms with E-state index in [0.29, 0.717) is 18.8 Å². The quantitative estimate of drug-likeness (QED) is 0.866. The highest BCUT2D eigenvalue weighted by Gasteiger charge is 2.26. The Morgan fingerprint density at radius 1 is 1.48 bits per heavy atom. The minimum Gasteiger partial charge on any atom is -0.481 e. The van der Waals surface area contributed by atoms with Gasteiger partial charge in [0.2, 0.25) is 0 Å². The summed E-state index contributed by atoms with van der Waals surface area (Å²) >= 11 is 0. The van der Waals surface area contributed by atoms with Crippen LogP contribution >= 0.6 is 0 Å². The highest BCUT2D eigenvalue weighted by Crippen LogP contribution is 2.23. The van der Waals surface area contributed by atoms with Gasteiger partial charge in [0.25, 0.3) is 5.56 Å². The number of carboxylic acids is 1. The van der Waals surface area contributed by atoms with Crippen LogP contribution in [-0.2, 0) is 11.3 Å². The van der Waals surface area contributed by atoms with Crippen molar-refractivity contribution in [1.29, 1.82) is 0 Å². The number of aromatic nitrogens is 2. The van der Waals surface area contributed by atoms with Gasteiger partial charge < -0.3 is 14.6 Å². The van der Waals surface area contributed by atoms with Crippen LogP contribution in [0.2, 0.25) is 0 Å². The summed E-state index contributed by atoms with van der Waals surface area (Å²) in [6, 6.07) is 0.104. The van der Waals surface area contributed by atoms with Crippen LogP contribution in [-0.4, -0.2) is 33.2 Å². The van der Waals surface area contributed by atoms with E-state index in [-0.39, 0.29) is 18.0 Å². The Kier molecular flexibility index (Phi) is 5.36. The van der Waals surface area contributed by atoms with Crippen molar-refractivity contribution >= 4 is 11.8 Å². The van der Waals surface area contributed by atoms with Crippen molar-refractivity contribution in [2.45, 2.75) is 58.0 Å². The zero-order valence-electron chi connectivity index (χ0n) is 12.5. The van der Waals surface area contributed by atoms with Crippen LogP contribution in [0.4, 0.5) is 5.82 Å². The van der Waals surface area contributed by atoms with Gasteiger partial charge in [0.15, 0.2) is 5.82 Å². The van der Waals surface area contributed by atoms with Gasteiger partial charge in [0, 0.05) is 37.9 Å². The van der Waals surface area contributed by atoms with Crippen LogP contribution in [0.25, 0.3) is 0 Å². The number of nitrogens with zero attached hydrogens (tertiary/aromatic N) is 3. The van der Waals surface area contributed by atoms with E-state index in [9.17, 15) is 9.59 Å². The normalized spacial score (nSPS) is 18.7. The first-order chi connectivity index (χ1) is 10.1. The van der Waals surface area contributed by atoms with Crippen LogP contribution in [0.15, 0.2) is 17.2 Å². The Hall–Kier alpha value is -1.85. The van der Waals surface area contributed by atoms with E-state index in [4.69, 9.17) is 5.11 Å². The van der Waals surface area contributed by atoms with Gasteiger partial charge in [0.1, 0.15) is 0 Å². The third-order valence-electron chi connectivity index (χ3n) is 3.95. The summed E-state index contributed by atoms with van der Waals surface area (Å²) in [5.41, 5.74) is -0.0680. The fraction of sp³-hybridized carbons (Fsp3) is 0.667. The summed E-state index contributed by atoms with van der Waals surface area (Å²) in [7, 11) is 0. The molecule has 0 aliphatic carbocycles. The van der Waals surface area contributed by atoms with Crippen LogP contribution < -0.4 is 10.5 Å². The standard InChI is InChI=1S/C15H23N3O3/c1-2-9-17-11-8-16-14(15(17)21)18-10-4-3-5-12(18)6-7-13(19)20/h8,11-12H,2-7,9-10H2,1H3,(H,19,20). The number of rotatable bonds is 6. The van der Waals surface area contributed by atoms with Crippen molar-refractivity contribution in [3.8, 4) is 0 Å². The smallest absolute Gasteiger partial charge is 0.303 e. The Bertz CT molecular complexity index is 541. The molecule has 1 saturated heterocycles. The summed E-state index contributed by atoms with van der Waals surface area (Å²) < 4.78 is 1.69. The van der Waals surface area contributed by atoms with E-state index in [1.165, 1.54) is 0 Å². The van der Waals surface area contributed by atoms with Crippen molar-refractivity contribution in [2.24, 2.45) is 0 Å². The summed E-state index contributed by atoms with van der Waals surface area (Å²) in [4.78, 5) is 29.6. The Morgan fingerprint density at radius 3 is 3.00 bits per heavy atom. The van der Waals surface area contributed by atoms with Gasteiger partial charge in [-0.25, -0.2) is 4.98 Å². The third-order valence-corrected chi connectivity index (χ3v) is 3.95. The molecule has 1 N–H and O–H groups in total. The number of carboxylic acid groups (broad SMARTS) is 1. The summed E-state index contributed by atoms with van der Waals surface area (Å²) in [6.07, 6.45) is 8.00. The molecule has 21 heavy (non-hydrogen) atoms. The monoisotopic (exact) mass is 293 g/mol. The number of aliphatic carboxylic acids is 1. The van der Waals surface area contributed by atoms with Crippen molar-refractivity contribution in [3.05, 3.63) is 22.7 Å². The number of hydrogen-bond donors (Lipinski definition) is 1. The predicted molar refractivity (Wildman–Crippen MR) is 80.6 cm³/mol. The molecular formula is C15H23N3O3. The Morgan fingerprint density at radius 2 is 2.29 bits per heavy atom. The van der Waals surface area contributed by atoms with E-state index >= 15 is 0 Å². The van der Waals surface area contributed by atoms with Crippen molar-refractivity contribution in [2.75, 3.05) is 11.4 Å². The second kappa shape index (κ2) is 7.24. The van der Waals surface area contributed by atoms with E-state index in [1.54, 1.807) is 17.0 Å². The molecule has 2 heterocycles. The minimum absolute atomic E-state index is 0.0680. The molecule has 116 valence electrons. The fourth-order valence-corrected chi connectivity index (χ4v) is 2.92. The molecule has 0 bridgehead atoms. The zero-order valence-corrected chi connectivity index (χ0v) is 12.5. The average Bonchev–Trinajstić information content (AvgIpc) is 2.48. The fourth-order valence-electron chi connectivity index (χ4n) is 2.92. The van der Waals surface area contributed by atoms with Gasteiger partial charge in [-0.1, -0.05) is 6.92 Å². The maximum absolute atomic E-state index is 12.5. The highest BCUT2D eigenvalue weighted by molar-refractivity contribution is 5.66. The molecule has 6 heteroatoms. The molecule has 0 amide bonds. The molecule has 6 nitrogen and oxygen atoms in total. The zero-order chi connectivity index (χ0) is 15.2. The van der Waals surface area contributed by atoms with Crippen LogP contribution in [0.5, 0.6) is 0 Å². The molecule has 0 spiro atoms. The second-order valence-corrected chi connectivity index (χ2v) is 5.52. The van der Waals surface area contributed by atoms with Gasteiger partial charge in [-0.3, -0.25) is 9.59 Å². The molecule has 0 aromatic carbocycles. The number of hydrogen-bond acceptors (Lipinski definition) is 4. The summed E-state index contributed by atoms with van der Waals surface area (Å²) in [5.74, 6) is -0.314. The van der Waals surface area contributed by atoms with Gasteiger partial charge in [-0.05, 0) is 32.1 Å². The molecule has 1 aliphatic heterocycles. The van der Waals surface area contributed by atoms with Gasteiger partial charge >= 0.3 is 5.97 Å². The van der Waals surface area contributed by atoms with Gasteiger partial charge in [0.05, 0.1) is 0 Å². The van der Waals surface area contributed by atoms with Gasteiger partial charge in [-0.2, -0.15) is 0 Å². The van der Waals surface area contributed by atoms with Crippen molar-refractivity contribution < 1.29 is 9.90 Å². The minimum atomic E-state index is -0.787. The number of anilines is 1. The lowest BCUT2D eigenvalue weighted by Gasteiger charge is -2.36. The molecule has 1 atom stereocenters. The largest absolute Gasteiger partial charge is 0.481 e. The maximum Gasteiger partial charge on any atom is 0.303 e. The molecule has 0 radical (unpaired) electrons. The summed E-state index contributed by atoms with van der Waals surface area (Å²) in [6.45, 7) is 3.49. The molecule has 0 saturated carbocycles. The molecule has 1 aliphatic rings. The molecule has 1 aromatic heterocycles. The van der Waals surface area contributed by atoms with Crippen molar-refractivity contribution in [3.63, 3.8) is 0 Å². The third kappa shape index (κ3) is 3.83. The van der Waals surface area contributed by atoms with Crippen LogP contribution in [0.3, 0.4) is 0 Å². The molecule has 1 unspecified atom stereocenters. The average molecular weight is 293 g/mol. The first-order valence-electron chi connectivity index (χ1n) is 7.67. The molecular weight excluding hydrogens is 270 g/mol. The van der Waals surface area contributed by atoms with Crippen LogP contribution in [0, 0.1) is 0 Å². The highest BCUT2D eigenvalue weighted by atomic mass is 16.4. The SMILES string of the molecule is CCCn1ccnc(N2CCCCC2CCC(=O)O)c1=O. The lowest BCUT2D eigenvalue weighted by Crippen LogP contribution is -2.44. The Labute approximate surface area is 124 Å². The predicted octanol–water partition coefficient (Wildman–Crippen LogP) is 1.88. The molecule has 2 rings (SSSR count). The van der Waals surface area contributed by atoms with E-state index in [1.807, 2.05) is 11.8 Å². The lowest BCUT2D eigenvalue weighted by atomic mass is 9.98.